The van der Waals surface area contributed by atoms with Crippen molar-refractivity contribution in [2.75, 3.05) is 30.8 Å². The summed E-state index contributed by atoms with van der Waals surface area (Å²) in [5, 5.41) is 0. The monoisotopic (exact) mass is 490 g/mol. The van der Waals surface area contributed by atoms with E-state index in [0.717, 1.165) is 11.3 Å². The van der Waals surface area contributed by atoms with Crippen LogP contribution < -0.4 is 10.6 Å². The normalized spacial score (nSPS) is 17.7. The highest BCUT2D eigenvalue weighted by Crippen LogP contribution is 2.33. The fourth-order valence-electron chi connectivity index (χ4n) is 4.00. The molecule has 2 heterocycles. The lowest BCUT2D eigenvalue weighted by atomic mass is 10.1. The molecule has 2 N–H and O–H groups in total. The van der Waals surface area contributed by atoms with Gasteiger partial charge in [0.1, 0.15) is 6.10 Å². The molecule has 0 aromatic heterocycles. The molecule has 0 radical (unpaired) electrons. The average molecular weight is 491 g/mol. The summed E-state index contributed by atoms with van der Waals surface area (Å²) in [7, 11) is -3.26. The number of piperidine rings is 1. The maximum atomic E-state index is 12.1. The molecule has 3 rings (SSSR count). The van der Waals surface area contributed by atoms with Crippen molar-refractivity contribution < 1.29 is 22.7 Å². The Bertz CT molecular complexity index is 1100. The van der Waals surface area contributed by atoms with E-state index in [-0.39, 0.29) is 18.3 Å². The van der Waals surface area contributed by atoms with Crippen molar-refractivity contribution in [1.82, 2.24) is 4.90 Å². The lowest BCUT2D eigenvalue weighted by Gasteiger charge is -2.32. The smallest absolute Gasteiger partial charge is 0.410 e. The van der Waals surface area contributed by atoms with Crippen LogP contribution in [0.15, 0.2) is 52.3 Å². The summed E-state index contributed by atoms with van der Waals surface area (Å²) in [6.07, 6.45) is 4.39. The number of allylic oxidation sites excluding steroid dienone is 1. The number of aliphatic imine (C=N–C) groups is 1. The van der Waals surface area contributed by atoms with Gasteiger partial charge in [-0.3, -0.25) is 0 Å². The number of likely N-dealkylation sites (tertiary alicyclic amines) is 1. The molecule has 1 aromatic carbocycles. The molecule has 34 heavy (non-hydrogen) atoms. The number of anilines is 1. The third-order valence-corrected chi connectivity index (χ3v) is 6.73. The van der Waals surface area contributed by atoms with Gasteiger partial charge < -0.3 is 25.0 Å². The number of ether oxygens (including phenoxy) is 2. The second-order valence-corrected chi connectivity index (χ2v) is 10.9. The Kier molecular flexibility index (Phi) is 7.91. The summed E-state index contributed by atoms with van der Waals surface area (Å²) in [6, 6.07) is 5.14. The van der Waals surface area contributed by atoms with Crippen LogP contribution in [0.1, 0.15) is 39.2 Å². The molecule has 2 aliphatic rings. The maximum Gasteiger partial charge on any atom is 0.410 e. The number of nitrogens with zero attached hydrogens (tertiary/aromatic N) is 3. The van der Waals surface area contributed by atoms with E-state index in [1.807, 2.05) is 24.8 Å². The highest BCUT2D eigenvalue weighted by Gasteiger charge is 2.27. The van der Waals surface area contributed by atoms with Gasteiger partial charge in [-0.15, -0.1) is 0 Å². The van der Waals surface area contributed by atoms with E-state index in [0.29, 0.717) is 61.2 Å². The largest absolute Gasteiger partial charge is 0.474 e. The first-order chi connectivity index (χ1) is 15.9. The fraction of sp³-hybridized carbons (Fsp3) is 0.500. The summed E-state index contributed by atoms with van der Waals surface area (Å²) in [4.78, 5) is 20.5. The summed E-state index contributed by atoms with van der Waals surface area (Å²) in [5.74, 6) is 0.714. The van der Waals surface area contributed by atoms with Gasteiger partial charge in [-0.25, -0.2) is 18.2 Å². The van der Waals surface area contributed by atoms with Crippen molar-refractivity contribution in [2.45, 2.75) is 57.1 Å². The number of amidine groups is 1. The third kappa shape index (κ3) is 6.53. The number of carbonyl (C=O) groups is 1. The molecule has 186 valence electrons. The maximum absolute atomic E-state index is 12.1. The van der Waals surface area contributed by atoms with Crippen LogP contribution in [-0.2, 0) is 25.7 Å². The molecule has 9 nitrogen and oxygen atoms in total. The van der Waals surface area contributed by atoms with Crippen molar-refractivity contribution in [1.29, 1.82) is 0 Å². The SMILES string of the molecule is C=C(/C=C(\N=C(C)N)OC1CCN(C(=O)OC(C)C)CC1)N1CCc2cc(S(C)(=O)=O)ccc21. The first kappa shape index (κ1) is 25.6. The Morgan fingerprint density at radius 2 is 1.94 bits per heavy atom. The molecular formula is C24H34N4O5S. The minimum Gasteiger partial charge on any atom is -0.474 e. The number of sulfone groups is 1. The number of hydrogen-bond acceptors (Lipinski definition) is 7. The van der Waals surface area contributed by atoms with Gasteiger partial charge in [0.05, 0.1) is 16.8 Å². The molecule has 0 spiro atoms. The van der Waals surface area contributed by atoms with Crippen molar-refractivity contribution in [3.05, 3.63) is 48.0 Å². The number of fused-ring (bicyclic) bond motifs is 1. The van der Waals surface area contributed by atoms with E-state index in [1.54, 1.807) is 30.0 Å². The quantitative estimate of drug-likeness (QED) is 0.270. The average Bonchev–Trinajstić information content (AvgIpc) is 3.16. The Hall–Kier alpha value is -3.01. The second kappa shape index (κ2) is 10.5. The Morgan fingerprint density at radius 1 is 1.26 bits per heavy atom. The Labute approximate surface area is 201 Å². The van der Waals surface area contributed by atoms with Gasteiger partial charge in [-0.05, 0) is 51.0 Å². The van der Waals surface area contributed by atoms with Crippen LogP contribution in [0.5, 0.6) is 0 Å². The van der Waals surface area contributed by atoms with Crippen LogP contribution >= 0.6 is 0 Å². The van der Waals surface area contributed by atoms with Crippen molar-refractivity contribution >= 4 is 27.5 Å². The molecule has 0 aliphatic carbocycles. The van der Waals surface area contributed by atoms with Gasteiger partial charge in [0.25, 0.3) is 0 Å². The second-order valence-electron chi connectivity index (χ2n) is 8.93. The highest BCUT2D eigenvalue weighted by atomic mass is 32.2. The zero-order valence-electron chi connectivity index (χ0n) is 20.3. The molecule has 0 saturated carbocycles. The third-order valence-electron chi connectivity index (χ3n) is 5.62. The number of nitrogens with two attached hydrogens (primary N) is 1. The minimum absolute atomic E-state index is 0.117. The highest BCUT2D eigenvalue weighted by molar-refractivity contribution is 7.90. The summed E-state index contributed by atoms with van der Waals surface area (Å²) in [5.41, 5.74) is 8.37. The Morgan fingerprint density at radius 3 is 2.53 bits per heavy atom. The molecule has 2 aliphatic heterocycles. The van der Waals surface area contributed by atoms with Crippen LogP contribution in [0, 0.1) is 0 Å². The summed E-state index contributed by atoms with van der Waals surface area (Å²) < 4.78 is 35.2. The van der Waals surface area contributed by atoms with Gasteiger partial charge in [-0.1, -0.05) is 6.58 Å². The van der Waals surface area contributed by atoms with Crippen LogP contribution in [0.2, 0.25) is 0 Å². The molecule has 1 amide bonds. The summed E-state index contributed by atoms with van der Waals surface area (Å²) in [6.45, 7) is 11.3. The zero-order chi connectivity index (χ0) is 25.0. The lowest BCUT2D eigenvalue weighted by Crippen LogP contribution is -2.41. The Balaban J connectivity index is 1.69. The predicted molar refractivity (Wildman–Crippen MR) is 132 cm³/mol. The number of benzene rings is 1. The van der Waals surface area contributed by atoms with Crippen molar-refractivity contribution in [3.63, 3.8) is 0 Å². The predicted octanol–water partition coefficient (Wildman–Crippen LogP) is 3.21. The molecular weight excluding hydrogens is 456 g/mol. The van der Waals surface area contributed by atoms with E-state index in [1.165, 1.54) is 6.26 Å². The van der Waals surface area contributed by atoms with E-state index in [4.69, 9.17) is 15.2 Å². The molecule has 1 saturated heterocycles. The van der Waals surface area contributed by atoms with Crippen LogP contribution in [0.4, 0.5) is 10.5 Å². The van der Waals surface area contributed by atoms with Gasteiger partial charge in [0.15, 0.2) is 9.84 Å². The molecule has 0 atom stereocenters. The number of carbonyl (C=O) groups excluding carboxylic acids is 1. The van der Waals surface area contributed by atoms with E-state index < -0.39 is 9.84 Å². The van der Waals surface area contributed by atoms with Crippen molar-refractivity contribution in [2.24, 2.45) is 10.7 Å². The molecule has 1 fully saturated rings. The lowest BCUT2D eigenvalue weighted by molar-refractivity contribution is 0.0311. The van der Waals surface area contributed by atoms with E-state index >= 15 is 0 Å². The summed E-state index contributed by atoms with van der Waals surface area (Å²) >= 11 is 0. The van der Waals surface area contributed by atoms with Gasteiger partial charge in [-0.2, -0.15) is 0 Å². The molecule has 0 bridgehead atoms. The number of hydrogen-bond donors (Lipinski definition) is 1. The topological polar surface area (TPSA) is 115 Å². The van der Waals surface area contributed by atoms with Gasteiger partial charge in [0, 0.05) is 56.2 Å². The minimum atomic E-state index is -3.26. The first-order valence-electron chi connectivity index (χ1n) is 11.4. The van der Waals surface area contributed by atoms with Gasteiger partial charge >= 0.3 is 6.09 Å². The number of rotatable bonds is 7. The number of amides is 1. The van der Waals surface area contributed by atoms with Crippen LogP contribution in [-0.4, -0.2) is 63.3 Å². The van der Waals surface area contributed by atoms with E-state index in [9.17, 15) is 13.2 Å². The molecule has 0 unspecified atom stereocenters. The van der Waals surface area contributed by atoms with E-state index in [2.05, 4.69) is 11.6 Å². The molecule has 10 heteroatoms. The standard InChI is InChI=1S/C24H34N4O5S/c1-16(2)32-24(29)27-11-9-20(10-12-27)33-23(26-18(4)25)14-17(3)28-13-8-19-15-21(34(5,30)31)6-7-22(19)28/h6-7,14-16,20H,3,8-13H2,1-2,4-5H3,(H2,25,26)/b23-14+. The fourth-order valence-corrected chi connectivity index (χ4v) is 4.67. The van der Waals surface area contributed by atoms with Crippen molar-refractivity contribution in [3.8, 4) is 0 Å². The molecule has 1 aromatic rings. The van der Waals surface area contributed by atoms with Gasteiger partial charge in [0.2, 0.25) is 5.88 Å². The zero-order valence-corrected chi connectivity index (χ0v) is 21.1. The van der Waals surface area contributed by atoms with Crippen LogP contribution in [0.3, 0.4) is 0 Å². The van der Waals surface area contributed by atoms with Crippen LogP contribution in [0.25, 0.3) is 0 Å². The first-order valence-corrected chi connectivity index (χ1v) is 13.3.